The summed E-state index contributed by atoms with van der Waals surface area (Å²) in [4.78, 5) is 0. The van der Waals surface area contributed by atoms with Crippen LogP contribution in [-0.4, -0.2) is 0 Å². The summed E-state index contributed by atoms with van der Waals surface area (Å²) in [6.45, 7) is 0. The molecule has 0 unspecified atom stereocenters. The van der Waals surface area contributed by atoms with Crippen LogP contribution in [0.1, 0.15) is 12.0 Å². The summed E-state index contributed by atoms with van der Waals surface area (Å²) in [6, 6.07) is 10.6. The second kappa shape index (κ2) is 7.25. The molecule has 2 rings (SSSR count). The second-order valence-electron chi connectivity index (χ2n) is 5.04. The molecule has 0 aliphatic heterocycles. The summed E-state index contributed by atoms with van der Waals surface area (Å²) in [6.07, 6.45) is 8.80. The van der Waals surface area contributed by atoms with Crippen molar-refractivity contribution in [2.24, 2.45) is 0 Å². The third-order valence-electron chi connectivity index (χ3n) is 2.12. The predicted molar refractivity (Wildman–Crippen MR) is 79.1 cm³/mol. The summed E-state index contributed by atoms with van der Waals surface area (Å²) < 4.78 is 118. The van der Waals surface area contributed by atoms with Gasteiger partial charge in [-0.1, -0.05) is 54.1 Å². The summed E-state index contributed by atoms with van der Waals surface area (Å²) in [5.74, 6) is 0. The Bertz CT molecular complexity index is 619. The number of rotatable bonds is 2. The van der Waals surface area contributed by atoms with Crippen LogP contribution < -0.4 is 0 Å². The molecule has 0 atom stereocenters. The molecule has 1 aliphatic rings. The van der Waals surface area contributed by atoms with Crippen molar-refractivity contribution in [2.45, 2.75) is 12.8 Å². The molecular formula is C12H12F12FeP2. The molecule has 15 heteroatoms. The average molecular weight is 502 g/mol. The van der Waals surface area contributed by atoms with Gasteiger partial charge < -0.3 is 0 Å². The maximum atomic E-state index is 9.87. The molecule has 27 heavy (non-hydrogen) atoms. The van der Waals surface area contributed by atoms with Crippen LogP contribution >= 0.6 is 15.6 Å². The number of benzene rings is 1. The Morgan fingerprint density at radius 1 is 0.667 bits per heavy atom. The maximum Gasteiger partial charge on any atom is 2.00 e. The molecule has 1 aliphatic carbocycles. The Morgan fingerprint density at radius 3 is 1.33 bits per heavy atom. The standard InChI is InChI=1S/C12H12.2F6P.Fe/c1-2-6-11(7-3-1)10-12-8-4-5-9-12;2*1-7(2,3,4,5)6;/h1-8H,9-10H2;;;/q;2*-1;+2. The Labute approximate surface area is 156 Å². The molecule has 0 bridgehead atoms. The maximum absolute atomic E-state index is 10.7. The van der Waals surface area contributed by atoms with E-state index in [-0.39, 0.29) is 17.1 Å². The van der Waals surface area contributed by atoms with Crippen molar-refractivity contribution >= 4 is 15.6 Å². The van der Waals surface area contributed by atoms with Gasteiger partial charge in [-0.2, -0.15) is 0 Å². The number of halogens is 12. The molecule has 1 aromatic rings. The van der Waals surface area contributed by atoms with Gasteiger partial charge in [0.05, 0.1) is 0 Å². The zero-order valence-corrected chi connectivity index (χ0v) is 15.7. The van der Waals surface area contributed by atoms with Crippen LogP contribution in [0, 0.1) is 0 Å². The van der Waals surface area contributed by atoms with E-state index < -0.39 is 15.6 Å². The van der Waals surface area contributed by atoms with Crippen molar-refractivity contribution in [2.75, 3.05) is 0 Å². The minimum absolute atomic E-state index is 0. The number of hydrogen-bond acceptors (Lipinski definition) is 0. The topological polar surface area (TPSA) is 0 Å². The van der Waals surface area contributed by atoms with Gasteiger partial charge in [-0.05, 0) is 18.4 Å². The molecule has 0 saturated carbocycles. The van der Waals surface area contributed by atoms with Crippen molar-refractivity contribution in [1.29, 1.82) is 0 Å². The van der Waals surface area contributed by atoms with Gasteiger partial charge in [0.15, 0.2) is 0 Å². The van der Waals surface area contributed by atoms with Gasteiger partial charge in [0.25, 0.3) is 0 Å². The monoisotopic (exact) mass is 502 g/mol. The zero-order chi connectivity index (χ0) is 21.0. The fraction of sp³-hybridized carbons (Fsp3) is 0.167. The quantitative estimate of drug-likeness (QED) is 0.215. The minimum atomic E-state index is -10.7. The normalized spacial score (nSPS) is 18.6. The summed E-state index contributed by atoms with van der Waals surface area (Å²) in [7, 11) is -21.3. The summed E-state index contributed by atoms with van der Waals surface area (Å²) in [5, 5.41) is 0. The van der Waals surface area contributed by atoms with Crippen LogP contribution in [0.5, 0.6) is 0 Å². The van der Waals surface area contributed by atoms with E-state index in [1.807, 2.05) is 0 Å². The first-order valence-corrected chi connectivity index (χ1v) is 10.4. The largest absolute Gasteiger partial charge is 2.00 e. The van der Waals surface area contributed by atoms with Crippen molar-refractivity contribution in [3.05, 3.63) is 59.7 Å². The third kappa shape index (κ3) is 41.0. The van der Waals surface area contributed by atoms with Crippen LogP contribution in [0.25, 0.3) is 0 Å². The molecule has 0 nitrogen and oxygen atoms in total. The third-order valence-corrected chi connectivity index (χ3v) is 2.12. The smallest absolute Gasteiger partial charge is 2.00 e. The molecule has 0 heterocycles. The molecule has 0 fully saturated rings. The van der Waals surface area contributed by atoms with Gasteiger partial charge >= 0.3 is 83.0 Å². The number of hydrogen-bond donors (Lipinski definition) is 0. The van der Waals surface area contributed by atoms with E-state index in [2.05, 4.69) is 48.6 Å². The SMILES string of the molecule is C1=CCC(Cc2ccccc2)=C1.F[P-](F)(F)(F)(F)F.F[P-](F)(F)(F)(F)F.[Fe+2]. The van der Waals surface area contributed by atoms with Crippen molar-refractivity contribution in [3.63, 3.8) is 0 Å². The van der Waals surface area contributed by atoms with E-state index in [9.17, 15) is 50.4 Å². The molecular weight excluding hydrogens is 490 g/mol. The molecule has 0 spiro atoms. The van der Waals surface area contributed by atoms with Crippen molar-refractivity contribution in [3.8, 4) is 0 Å². The Balaban J connectivity index is 0. The van der Waals surface area contributed by atoms with E-state index in [0.717, 1.165) is 12.8 Å². The van der Waals surface area contributed by atoms with Gasteiger partial charge in [0.2, 0.25) is 0 Å². The summed E-state index contributed by atoms with van der Waals surface area (Å²) >= 11 is 0. The van der Waals surface area contributed by atoms with E-state index >= 15 is 0 Å². The Morgan fingerprint density at radius 2 is 1.04 bits per heavy atom. The minimum Gasteiger partial charge on any atom is 2.00 e. The summed E-state index contributed by atoms with van der Waals surface area (Å²) in [5.41, 5.74) is 2.92. The van der Waals surface area contributed by atoms with Gasteiger partial charge in [0.1, 0.15) is 0 Å². The molecule has 0 N–H and O–H groups in total. The van der Waals surface area contributed by atoms with Crippen molar-refractivity contribution < 1.29 is 67.4 Å². The molecule has 0 amide bonds. The molecule has 0 aromatic heterocycles. The van der Waals surface area contributed by atoms with E-state index in [0.29, 0.717) is 0 Å². The first kappa shape index (κ1) is 28.4. The van der Waals surface area contributed by atoms with Gasteiger partial charge in [0, 0.05) is 0 Å². The molecule has 0 radical (unpaired) electrons. The van der Waals surface area contributed by atoms with E-state index in [4.69, 9.17) is 0 Å². The van der Waals surface area contributed by atoms with Crippen LogP contribution in [0.3, 0.4) is 0 Å². The molecule has 1 aromatic carbocycles. The first-order valence-electron chi connectivity index (χ1n) is 6.36. The van der Waals surface area contributed by atoms with Crippen LogP contribution in [-0.2, 0) is 23.5 Å². The van der Waals surface area contributed by atoms with Gasteiger partial charge in [-0.15, -0.1) is 0 Å². The number of allylic oxidation sites excluding steroid dienone is 4. The van der Waals surface area contributed by atoms with Crippen LogP contribution in [0.2, 0.25) is 0 Å². The van der Waals surface area contributed by atoms with Crippen LogP contribution in [0.4, 0.5) is 50.4 Å². The average Bonchev–Trinajstić information content (AvgIpc) is 2.74. The Hall–Kier alpha value is -0.761. The van der Waals surface area contributed by atoms with Crippen molar-refractivity contribution in [1.82, 2.24) is 0 Å². The predicted octanol–water partition coefficient (Wildman–Crippen LogP) is 9.88. The first-order chi connectivity index (χ1) is 10.8. The van der Waals surface area contributed by atoms with Gasteiger partial charge in [-0.3, -0.25) is 0 Å². The fourth-order valence-corrected chi connectivity index (χ4v) is 1.48. The molecule has 0 saturated heterocycles. The fourth-order valence-electron chi connectivity index (χ4n) is 1.48. The second-order valence-corrected chi connectivity index (χ2v) is 8.87. The van der Waals surface area contributed by atoms with E-state index in [1.165, 1.54) is 11.1 Å². The van der Waals surface area contributed by atoms with E-state index in [1.54, 1.807) is 0 Å². The zero-order valence-electron chi connectivity index (χ0n) is 12.8. The Kier molecular flexibility index (Phi) is 7.63. The van der Waals surface area contributed by atoms with Gasteiger partial charge in [-0.25, -0.2) is 0 Å². The molecule has 162 valence electrons. The van der Waals surface area contributed by atoms with Crippen LogP contribution in [0.15, 0.2) is 54.1 Å².